The summed E-state index contributed by atoms with van der Waals surface area (Å²) in [4.78, 5) is 50.9. The van der Waals surface area contributed by atoms with Crippen molar-refractivity contribution in [2.24, 2.45) is 5.92 Å². The molecule has 1 aliphatic heterocycles. The van der Waals surface area contributed by atoms with E-state index in [0.717, 1.165) is 11.8 Å². The molecule has 0 spiro atoms. The molecule has 180 valence electrons. The third-order valence-corrected chi connectivity index (χ3v) is 6.85. The number of hydrogen-bond acceptors (Lipinski definition) is 6. The van der Waals surface area contributed by atoms with E-state index in [0.29, 0.717) is 42.5 Å². The Hall–Kier alpha value is -2.97. The van der Waals surface area contributed by atoms with E-state index in [1.54, 1.807) is 48.5 Å². The second-order valence-corrected chi connectivity index (χ2v) is 10.0. The number of carboxylic acids is 1. The molecule has 2 aromatic carbocycles. The maximum Gasteiger partial charge on any atom is 0.320 e. The maximum absolute atomic E-state index is 12.8. The maximum atomic E-state index is 12.8. The first kappa shape index (κ1) is 25.6. The van der Waals surface area contributed by atoms with E-state index < -0.39 is 12.0 Å². The first-order chi connectivity index (χ1) is 16.3. The van der Waals surface area contributed by atoms with Crippen molar-refractivity contribution in [2.45, 2.75) is 44.4 Å². The summed E-state index contributed by atoms with van der Waals surface area (Å²) in [7, 11) is 0. The number of nitrogens with one attached hydrogen (secondary N) is 1. The molecular weight excluding hydrogens is 452 g/mol. The van der Waals surface area contributed by atoms with Crippen LogP contribution < -0.4 is 5.32 Å². The normalized spacial score (nSPS) is 14.9. The summed E-state index contributed by atoms with van der Waals surface area (Å²) in [6.07, 6.45) is 1.53. The van der Waals surface area contributed by atoms with E-state index in [2.05, 4.69) is 5.32 Å². The lowest BCUT2D eigenvalue weighted by Crippen LogP contribution is -2.41. The molecule has 1 heterocycles. The zero-order valence-electron chi connectivity index (χ0n) is 19.4. The summed E-state index contributed by atoms with van der Waals surface area (Å²) in [6, 6.07) is 15.0. The molecule has 2 unspecified atom stereocenters. The molecule has 2 aromatic rings. The molecule has 0 bridgehead atoms. The number of imide groups is 1. The van der Waals surface area contributed by atoms with Crippen molar-refractivity contribution in [3.8, 4) is 0 Å². The zero-order valence-corrected chi connectivity index (χ0v) is 20.2. The van der Waals surface area contributed by atoms with Crippen LogP contribution in [0.2, 0.25) is 0 Å². The van der Waals surface area contributed by atoms with Crippen molar-refractivity contribution >= 4 is 34.7 Å². The van der Waals surface area contributed by atoms with Gasteiger partial charge in [-0.15, -0.1) is 0 Å². The molecule has 0 aliphatic carbocycles. The molecule has 2 atom stereocenters. The number of aliphatic carboxylic acids is 1. The Labute approximate surface area is 203 Å². The summed E-state index contributed by atoms with van der Waals surface area (Å²) in [5.41, 5.74) is 1.41. The number of nitrogens with zero attached hydrogens (tertiary/aromatic N) is 1. The fourth-order valence-electron chi connectivity index (χ4n) is 3.93. The van der Waals surface area contributed by atoms with Crippen LogP contribution in [0.15, 0.2) is 54.6 Å². The van der Waals surface area contributed by atoms with Gasteiger partial charge in [-0.1, -0.05) is 68.1 Å². The summed E-state index contributed by atoms with van der Waals surface area (Å²) in [5, 5.41) is 12.3. The molecule has 1 aliphatic rings. The standard InChI is InChI=1S/C26H30N2O5S/c1-17(2)15-22(25(31)32)27-16-19(34-26(33)18-9-4-3-5-10-18)11-8-14-28-23(29)20-12-6-7-13-21(20)24(28)30/h3-7,9-10,12-13,17,19,22,27H,8,11,14-16H2,1-2H3,(H,31,32). The van der Waals surface area contributed by atoms with Crippen LogP contribution in [0.1, 0.15) is 64.2 Å². The molecule has 0 saturated heterocycles. The SMILES string of the molecule is CC(C)CC(NCC(CCCN1C(=O)c2ccccc2C1=O)SC(=O)c1ccccc1)C(=O)O. The summed E-state index contributed by atoms with van der Waals surface area (Å²) in [5.74, 6) is -1.31. The molecule has 0 saturated carbocycles. The third-order valence-electron chi connectivity index (χ3n) is 5.67. The fourth-order valence-corrected chi connectivity index (χ4v) is 4.97. The third kappa shape index (κ3) is 6.55. The van der Waals surface area contributed by atoms with Gasteiger partial charge in [0.2, 0.25) is 5.12 Å². The Morgan fingerprint density at radius 3 is 2.12 bits per heavy atom. The number of amides is 2. The van der Waals surface area contributed by atoms with Crippen LogP contribution in [0.3, 0.4) is 0 Å². The number of thioether (sulfide) groups is 1. The van der Waals surface area contributed by atoms with E-state index in [9.17, 15) is 24.3 Å². The second kappa shape index (κ2) is 11.9. The van der Waals surface area contributed by atoms with Crippen LogP contribution in [0, 0.1) is 5.92 Å². The van der Waals surface area contributed by atoms with Gasteiger partial charge < -0.3 is 10.4 Å². The summed E-state index contributed by atoms with van der Waals surface area (Å²) >= 11 is 1.16. The summed E-state index contributed by atoms with van der Waals surface area (Å²) in [6.45, 7) is 4.50. The fraction of sp³-hybridized carbons (Fsp3) is 0.385. The van der Waals surface area contributed by atoms with Gasteiger partial charge in [0.05, 0.1) is 11.1 Å². The molecule has 3 rings (SSSR count). The number of hydrogen-bond donors (Lipinski definition) is 2. The van der Waals surface area contributed by atoms with E-state index in [-0.39, 0.29) is 34.6 Å². The highest BCUT2D eigenvalue weighted by molar-refractivity contribution is 8.14. The molecule has 2 amide bonds. The Bertz CT molecular complexity index is 1010. The Morgan fingerprint density at radius 2 is 1.56 bits per heavy atom. The molecule has 8 heteroatoms. The highest BCUT2D eigenvalue weighted by Crippen LogP contribution is 2.25. The van der Waals surface area contributed by atoms with Crippen LogP contribution in [0.25, 0.3) is 0 Å². The highest BCUT2D eigenvalue weighted by Gasteiger charge is 2.34. The van der Waals surface area contributed by atoms with Gasteiger partial charge in [0.25, 0.3) is 11.8 Å². The minimum absolute atomic E-state index is 0.0936. The Kier molecular flexibility index (Phi) is 9.01. The van der Waals surface area contributed by atoms with Crippen molar-refractivity contribution in [3.05, 3.63) is 71.3 Å². The minimum atomic E-state index is -0.919. The van der Waals surface area contributed by atoms with Crippen LogP contribution >= 0.6 is 11.8 Å². The van der Waals surface area contributed by atoms with Gasteiger partial charge in [0.15, 0.2) is 0 Å². The number of benzene rings is 2. The van der Waals surface area contributed by atoms with Gasteiger partial charge in [-0.3, -0.25) is 24.1 Å². The van der Waals surface area contributed by atoms with Crippen molar-refractivity contribution in [1.82, 2.24) is 10.2 Å². The summed E-state index contributed by atoms with van der Waals surface area (Å²) < 4.78 is 0. The minimum Gasteiger partial charge on any atom is -0.480 e. The van der Waals surface area contributed by atoms with Crippen molar-refractivity contribution in [2.75, 3.05) is 13.1 Å². The lowest BCUT2D eigenvalue weighted by Gasteiger charge is -2.22. The predicted octanol–water partition coefficient (Wildman–Crippen LogP) is 4.09. The molecule has 0 aromatic heterocycles. The van der Waals surface area contributed by atoms with Crippen molar-refractivity contribution < 1.29 is 24.3 Å². The lowest BCUT2D eigenvalue weighted by molar-refractivity contribution is -0.139. The molecule has 0 radical (unpaired) electrons. The Balaban J connectivity index is 1.63. The van der Waals surface area contributed by atoms with E-state index in [1.807, 2.05) is 19.9 Å². The van der Waals surface area contributed by atoms with E-state index in [4.69, 9.17) is 0 Å². The highest BCUT2D eigenvalue weighted by atomic mass is 32.2. The quantitative estimate of drug-likeness (QED) is 0.439. The average molecular weight is 483 g/mol. The molecule has 7 nitrogen and oxygen atoms in total. The van der Waals surface area contributed by atoms with Gasteiger partial charge in [-0.2, -0.15) is 0 Å². The molecular formula is C26H30N2O5S. The van der Waals surface area contributed by atoms with Crippen LogP contribution in [-0.4, -0.2) is 57.3 Å². The number of carboxylic acid groups (broad SMARTS) is 1. The molecule has 34 heavy (non-hydrogen) atoms. The molecule has 2 N–H and O–H groups in total. The van der Waals surface area contributed by atoms with Gasteiger partial charge in [-0.25, -0.2) is 0 Å². The monoisotopic (exact) mass is 482 g/mol. The smallest absolute Gasteiger partial charge is 0.320 e. The Morgan fingerprint density at radius 1 is 0.971 bits per heavy atom. The van der Waals surface area contributed by atoms with E-state index >= 15 is 0 Å². The lowest BCUT2D eigenvalue weighted by atomic mass is 10.0. The molecule has 0 fully saturated rings. The largest absolute Gasteiger partial charge is 0.480 e. The van der Waals surface area contributed by atoms with Gasteiger partial charge >= 0.3 is 5.97 Å². The van der Waals surface area contributed by atoms with Crippen molar-refractivity contribution in [3.63, 3.8) is 0 Å². The number of carbonyl (C=O) groups excluding carboxylic acids is 3. The van der Waals surface area contributed by atoms with Crippen LogP contribution in [0.5, 0.6) is 0 Å². The number of fused-ring (bicyclic) bond motifs is 1. The second-order valence-electron chi connectivity index (χ2n) is 8.77. The predicted molar refractivity (Wildman–Crippen MR) is 132 cm³/mol. The van der Waals surface area contributed by atoms with Gasteiger partial charge in [-0.05, 0) is 37.3 Å². The number of carbonyl (C=O) groups is 4. The number of rotatable bonds is 12. The van der Waals surface area contributed by atoms with Crippen LogP contribution in [-0.2, 0) is 4.79 Å². The average Bonchev–Trinajstić information content (AvgIpc) is 3.06. The first-order valence-electron chi connectivity index (χ1n) is 11.5. The van der Waals surface area contributed by atoms with Crippen molar-refractivity contribution in [1.29, 1.82) is 0 Å². The van der Waals surface area contributed by atoms with Gasteiger partial charge in [0.1, 0.15) is 6.04 Å². The van der Waals surface area contributed by atoms with E-state index in [1.165, 1.54) is 4.90 Å². The zero-order chi connectivity index (χ0) is 24.7. The first-order valence-corrected chi connectivity index (χ1v) is 12.3. The van der Waals surface area contributed by atoms with Crippen LogP contribution in [0.4, 0.5) is 0 Å². The topological polar surface area (TPSA) is 104 Å². The van der Waals surface area contributed by atoms with Gasteiger partial charge in [0, 0.05) is 23.9 Å².